The molecule has 7 nitrogen and oxygen atoms in total. The third kappa shape index (κ3) is 3.59. The molecule has 1 saturated heterocycles. The molecule has 1 aromatic rings. The van der Waals surface area contributed by atoms with Crippen LogP contribution in [0.4, 0.5) is 5.69 Å². The summed E-state index contributed by atoms with van der Waals surface area (Å²) in [7, 11) is -3.73. The molecule has 2 aliphatic rings. The fourth-order valence-corrected chi connectivity index (χ4v) is 4.52. The van der Waals surface area contributed by atoms with Crippen molar-refractivity contribution in [2.45, 2.75) is 49.6 Å². The Balaban J connectivity index is 1.77. The largest absolute Gasteiger partial charge is 0.352 e. The van der Waals surface area contributed by atoms with Gasteiger partial charge in [-0.3, -0.25) is 9.59 Å². The predicted molar refractivity (Wildman–Crippen MR) is 88.8 cm³/mol. The molecule has 1 heterocycles. The molecule has 1 saturated carbocycles. The summed E-state index contributed by atoms with van der Waals surface area (Å²) < 4.78 is 27.0. The first-order chi connectivity index (χ1) is 11.4. The number of nitrogens with zero attached hydrogens (tertiary/aromatic N) is 1. The molecule has 0 unspecified atom stereocenters. The first-order valence-electron chi connectivity index (χ1n) is 8.08. The first kappa shape index (κ1) is 16.9. The Morgan fingerprint density at radius 2 is 1.79 bits per heavy atom. The van der Waals surface area contributed by atoms with E-state index in [9.17, 15) is 18.0 Å². The van der Waals surface area contributed by atoms with E-state index in [0.29, 0.717) is 25.1 Å². The van der Waals surface area contributed by atoms with E-state index in [0.717, 1.165) is 12.8 Å². The van der Waals surface area contributed by atoms with Crippen molar-refractivity contribution >= 4 is 27.5 Å². The van der Waals surface area contributed by atoms with Crippen molar-refractivity contribution in [2.24, 2.45) is 0 Å². The van der Waals surface area contributed by atoms with Crippen molar-refractivity contribution in [3.8, 4) is 0 Å². The van der Waals surface area contributed by atoms with Gasteiger partial charge in [0.15, 0.2) is 0 Å². The van der Waals surface area contributed by atoms with Gasteiger partial charge in [-0.1, -0.05) is 0 Å². The molecule has 2 amide bonds. The van der Waals surface area contributed by atoms with E-state index in [1.54, 1.807) is 12.1 Å². The highest BCUT2D eigenvalue weighted by molar-refractivity contribution is 7.89. The van der Waals surface area contributed by atoms with Crippen LogP contribution in [0.1, 0.15) is 32.6 Å². The number of benzene rings is 1. The highest BCUT2D eigenvalue weighted by atomic mass is 32.2. The molecule has 3 rings (SSSR count). The maximum Gasteiger partial charge on any atom is 0.243 e. The predicted octanol–water partition coefficient (Wildman–Crippen LogP) is 1.08. The number of rotatable bonds is 5. The van der Waals surface area contributed by atoms with Gasteiger partial charge in [0.25, 0.3) is 0 Å². The van der Waals surface area contributed by atoms with Gasteiger partial charge in [-0.2, -0.15) is 4.31 Å². The van der Waals surface area contributed by atoms with Gasteiger partial charge in [0, 0.05) is 25.2 Å². The number of carbonyl (C=O) groups excluding carboxylic acids is 2. The van der Waals surface area contributed by atoms with Gasteiger partial charge in [0.2, 0.25) is 21.8 Å². The van der Waals surface area contributed by atoms with Crippen LogP contribution in [-0.2, 0) is 19.6 Å². The minimum Gasteiger partial charge on any atom is -0.352 e. The van der Waals surface area contributed by atoms with Crippen LogP contribution in [0, 0.1) is 0 Å². The lowest BCUT2D eigenvalue weighted by Crippen LogP contribution is -2.46. The van der Waals surface area contributed by atoms with Crippen LogP contribution in [0.25, 0.3) is 0 Å². The summed E-state index contributed by atoms with van der Waals surface area (Å²) in [4.78, 5) is 23.5. The van der Waals surface area contributed by atoms with Gasteiger partial charge < -0.3 is 10.6 Å². The van der Waals surface area contributed by atoms with Crippen molar-refractivity contribution in [3.63, 3.8) is 0 Å². The maximum atomic E-state index is 12.8. The lowest BCUT2D eigenvalue weighted by Gasteiger charge is -2.23. The average Bonchev–Trinajstić information content (AvgIpc) is 3.18. The van der Waals surface area contributed by atoms with E-state index in [1.807, 2.05) is 0 Å². The van der Waals surface area contributed by atoms with Crippen LogP contribution in [0.3, 0.4) is 0 Å². The van der Waals surface area contributed by atoms with Crippen LogP contribution < -0.4 is 10.6 Å². The van der Waals surface area contributed by atoms with E-state index in [2.05, 4.69) is 10.6 Å². The third-order valence-corrected chi connectivity index (χ3v) is 6.13. The summed E-state index contributed by atoms with van der Waals surface area (Å²) in [6.45, 7) is 1.73. The summed E-state index contributed by atoms with van der Waals surface area (Å²) >= 11 is 0. The van der Waals surface area contributed by atoms with Crippen molar-refractivity contribution in [3.05, 3.63) is 24.3 Å². The Bertz CT molecular complexity index is 741. The molecule has 8 heteroatoms. The van der Waals surface area contributed by atoms with Crippen molar-refractivity contribution in [1.29, 1.82) is 0 Å². The average molecular weight is 351 g/mol. The van der Waals surface area contributed by atoms with Crippen molar-refractivity contribution in [2.75, 3.05) is 11.9 Å². The molecule has 1 atom stereocenters. The zero-order valence-corrected chi connectivity index (χ0v) is 14.3. The van der Waals surface area contributed by atoms with Gasteiger partial charge in [-0.25, -0.2) is 8.42 Å². The zero-order chi connectivity index (χ0) is 17.3. The molecule has 2 N–H and O–H groups in total. The third-order valence-electron chi connectivity index (χ3n) is 4.21. The molecule has 1 aliphatic heterocycles. The molecular weight excluding hydrogens is 330 g/mol. The molecule has 0 aromatic heterocycles. The molecule has 130 valence electrons. The van der Waals surface area contributed by atoms with Gasteiger partial charge >= 0.3 is 0 Å². The lowest BCUT2D eigenvalue weighted by molar-refractivity contribution is -0.124. The number of amides is 2. The highest BCUT2D eigenvalue weighted by Gasteiger charge is 2.40. The van der Waals surface area contributed by atoms with E-state index < -0.39 is 16.1 Å². The number of sulfonamides is 1. The Morgan fingerprint density at radius 1 is 1.12 bits per heavy atom. The zero-order valence-electron chi connectivity index (χ0n) is 13.5. The Labute approximate surface area is 141 Å². The fraction of sp³-hybridized carbons (Fsp3) is 0.500. The molecule has 0 spiro atoms. The van der Waals surface area contributed by atoms with Crippen LogP contribution >= 0.6 is 0 Å². The monoisotopic (exact) mass is 351 g/mol. The van der Waals surface area contributed by atoms with Crippen LogP contribution in [0.15, 0.2) is 29.2 Å². The fourth-order valence-electron chi connectivity index (χ4n) is 2.86. The number of nitrogens with one attached hydrogen (secondary N) is 2. The van der Waals surface area contributed by atoms with E-state index in [1.165, 1.54) is 23.4 Å². The summed E-state index contributed by atoms with van der Waals surface area (Å²) in [6, 6.07) is 5.57. The lowest BCUT2D eigenvalue weighted by atomic mass is 10.2. The summed E-state index contributed by atoms with van der Waals surface area (Å²) in [5.41, 5.74) is 0.533. The number of carbonyl (C=O) groups is 2. The molecule has 1 aromatic carbocycles. The topological polar surface area (TPSA) is 95.6 Å². The molecule has 24 heavy (non-hydrogen) atoms. The molecule has 0 bridgehead atoms. The minimum absolute atomic E-state index is 0.128. The Kier molecular flexibility index (Phi) is 4.60. The van der Waals surface area contributed by atoms with Crippen LogP contribution in [0.5, 0.6) is 0 Å². The van der Waals surface area contributed by atoms with Gasteiger partial charge in [-0.05, 0) is 49.9 Å². The molecule has 1 aliphatic carbocycles. The standard InChI is InChI=1S/C16H21N3O4S/c1-11(20)17-12-6-8-14(9-7-12)24(22,23)19-10-2-3-15(19)16(21)18-13-4-5-13/h6-9,13,15H,2-5,10H2,1H3,(H,17,20)(H,18,21)/t15-/m1/s1. The van der Waals surface area contributed by atoms with E-state index in [-0.39, 0.29) is 22.8 Å². The van der Waals surface area contributed by atoms with Crippen molar-refractivity contribution < 1.29 is 18.0 Å². The van der Waals surface area contributed by atoms with E-state index >= 15 is 0 Å². The minimum atomic E-state index is -3.73. The number of hydrogen-bond donors (Lipinski definition) is 2. The van der Waals surface area contributed by atoms with Crippen LogP contribution in [0.2, 0.25) is 0 Å². The second kappa shape index (κ2) is 6.52. The van der Waals surface area contributed by atoms with Gasteiger partial charge in [0.1, 0.15) is 6.04 Å². The summed E-state index contributed by atoms with van der Waals surface area (Å²) in [6.07, 6.45) is 3.15. The first-order valence-corrected chi connectivity index (χ1v) is 9.52. The summed E-state index contributed by atoms with van der Waals surface area (Å²) in [5.74, 6) is -0.421. The normalized spacial score (nSPS) is 21.5. The second-order valence-electron chi connectivity index (χ2n) is 6.26. The highest BCUT2D eigenvalue weighted by Crippen LogP contribution is 2.28. The molecule has 2 fully saturated rings. The van der Waals surface area contributed by atoms with Gasteiger partial charge in [0.05, 0.1) is 4.90 Å². The Hall–Kier alpha value is -1.93. The Morgan fingerprint density at radius 3 is 2.38 bits per heavy atom. The quantitative estimate of drug-likeness (QED) is 0.830. The van der Waals surface area contributed by atoms with Gasteiger partial charge in [-0.15, -0.1) is 0 Å². The molecular formula is C16H21N3O4S. The second-order valence-corrected chi connectivity index (χ2v) is 8.15. The maximum absolute atomic E-state index is 12.8. The van der Waals surface area contributed by atoms with Crippen LogP contribution in [-0.4, -0.2) is 43.2 Å². The summed E-state index contributed by atoms with van der Waals surface area (Å²) in [5, 5.41) is 5.48. The SMILES string of the molecule is CC(=O)Nc1ccc(S(=O)(=O)N2CCC[C@@H]2C(=O)NC2CC2)cc1. The smallest absolute Gasteiger partial charge is 0.243 e. The van der Waals surface area contributed by atoms with Crippen molar-refractivity contribution in [1.82, 2.24) is 9.62 Å². The number of anilines is 1. The number of hydrogen-bond acceptors (Lipinski definition) is 4. The van der Waals surface area contributed by atoms with E-state index in [4.69, 9.17) is 0 Å². The molecule has 0 radical (unpaired) electrons.